The number of aromatic nitrogens is 5. The van der Waals surface area contributed by atoms with E-state index in [9.17, 15) is 0 Å². The van der Waals surface area contributed by atoms with Crippen molar-refractivity contribution in [3.8, 4) is 17.1 Å². The van der Waals surface area contributed by atoms with Gasteiger partial charge >= 0.3 is 0 Å². The predicted molar refractivity (Wildman–Crippen MR) is 144 cm³/mol. The van der Waals surface area contributed by atoms with E-state index in [1.807, 2.05) is 72.8 Å². The Morgan fingerprint density at radius 3 is 2.08 bits per heavy atom. The molecule has 3 N–H and O–H groups in total. The number of ether oxygens (including phenoxy) is 2. The Morgan fingerprint density at radius 2 is 1.43 bits per heavy atom. The fourth-order valence-corrected chi connectivity index (χ4v) is 4.11. The third kappa shape index (κ3) is 5.14. The Balaban J connectivity index is 1.25. The number of methoxy groups -OCH3 is 1. The number of rotatable bonds is 7. The summed E-state index contributed by atoms with van der Waals surface area (Å²) < 4.78 is 10.7. The molecule has 10 heteroatoms. The summed E-state index contributed by atoms with van der Waals surface area (Å²) in [5.74, 6) is 3.10. The molecular formula is C27H26N8O2. The van der Waals surface area contributed by atoms with E-state index in [-0.39, 0.29) is 0 Å². The van der Waals surface area contributed by atoms with Crippen molar-refractivity contribution in [3.63, 3.8) is 0 Å². The molecule has 0 spiro atoms. The molecule has 0 saturated carbocycles. The fraction of sp³-hybridized carbons (Fsp3) is 0.185. The summed E-state index contributed by atoms with van der Waals surface area (Å²) in [6.07, 6.45) is 0. The number of aromatic amines is 1. The second-order valence-electron chi connectivity index (χ2n) is 8.54. The summed E-state index contributed by atoms with van der Waals surface area (Å²) in [5, 5.41) is 6.60. The molecule has 3 heterocycles. The highest BCUT2D eigenvalue weighted by atomic mass is 16.5. The van der Waals surface area contributed by atoms with Gasteiger partial charge in [0.1, 0.15) is 11.6 Å². The van der Waals surface area contributed by atoms with E-state index in [0.717, 1.165) is 52.6 Å². The number of imidazole rings is 1. The van der Waals surface area contributed by atoms with E-state index < -0.39 is 0 Å². The summed E-state index contributed by atoms with van der Waals surface area (Å²) in [6, 6.07) is 23.6. The van der Waals surface area contributed by atoms with Crippen molar-refractivity contribution in [2.45, 2.75) is 0 Å². The largest absolute Gasteiger partial charge is 0.497 e. The van der Waals surface area contributed by atoms with Gasteiger partial charge in [0.2, 0.25) is 17.8 Å². The quantitative estimate of drug-likeness (QED) is 0.295. The number of para-hydroxylation sites is 2. The minimum Gasteiger partial charge on any atom is -0.497 e. The maximum atomic E-state index is 5.50. The van der Waals surface area contributed by atoms with E-state index in [1.165, 1.54) is 0 Å². The van der Waals surface area contributed by atoms with Crippen molar-refractivity contribution in [1.29, 1.82) is 0 Å². The lowest BCUT2D eigenvalue weighted by molar-refractivity contribution is 0.122. The molecule has 1 aliphatic rings. The van der Waals surface area contributed by atoms with Gasteiger partial charge in [0, 0.05) is 30.0 Å². The van der Waals surface area contributed by atoms with Gasteiger partial charge in [-0.1, -0.05) is 12.1 Å². The van der Waals surface area contributed by atoms with Gasteiger partial charge in [-0.15, -0.1) is 0 Å². The first kappa shape index (κ1) is 22.7. The second-order valence-corrected chi connectivity index (χ2v) is 8.54. The molecule has 1 fully saturated rings. The van der Waals surface area contributed by atoms with Crippen molar-refractivity contribution in [2.24, 2.45) is 0 Å². The van der Waals surface area contributed by atoms with Crippen LogP contribution in [0.1, 0.15) is 0 Å². The summed E-state index contributed by atoms with van der Waals surface area (Å²) in [4.78, 5) is 24.1. The smallest absolute Gasteiger partial charge is 0.233 e. The molecule has 5 aromatic rings. The summed E-state index contributed by atoms with van der Waals surface area (Å²) in [7, 11) is 1.64. The molecule has 186 valence electrons. The van der Waals surface area contributed by atoms with Crippen LogP contribution in [-0.2, 0) is 4.74 Å². The van der Waals surface area contributed by atoms with Crippen LogP contribution in [-0.4, -0.2) is 58.3 Å². The number of anilines is 5. The molecule has 2 aromatic heterocycles. The third-order valence-electron chi connectivity index (χ3n) is 6.07. The number of nitrogens with zero attached hydrogens (tertiary/aromatic N) is 5. The average Bonchev–Trinajstić information content (AvgIpc) is 3.39. The van der Waals surface area contributed by atoms with Gasteiger partial charge in [-0.05, 0) is 60.7 Å². The van der Waals surface area contributed by atoms with Gasteiger partial charge in [-0.3, -0.25) is 0 Å². The Labute approximate surface area is 213 Å². The van der Waals surface area contributed by atoms with Crippen LogP contribution >= 0.6 is 0 Å². The summed E-state index contributed by atoms with van der Waals surface area (Å²) >= 11 is 0. The van der Waals surface area contributed by atoms with Gasteiger partial charge < -0.3 is 30.0 Å². The van der Waals surface area contributed by atoms with Gasteiger partial charge in [-0.2, -0.15) is 15.0 Å². The number of morpholine rings is 1. The second kappa shape index (κ2) is 10.1. The summed E-state index contributed by atoms with van der Waals surface area (Å²) in [6.45, 7) is 2.72. The highest BCUT2D eigenvalue weighted by Gasteiger charge is 2.17. The van der Waals surface area contributed by atoms with Gasteiger partial charge in [0.05, 0.1) is 31.4 Å². The van der Waals surface area contributed by atoms with E-state index in [4.69, 9.17) is 9.47 Å². The Kier molecular flexibility index (Phi) is 6.22. The molecule has 37 heavy (non-hydrogen) atoms. The number of fused-ring (bicyclic) bond motifs is 1. The predicted octanol–water partition coefficient (Wildman–Crippen LogP) is 4.75. The van der Waals surface area contributed by atoms with Crippen LogP contribution < -0.4 is 20.3 Å². The normalized spacial score (nSPS) is 13.5. The van der Waals surface area contributed by atoms with Crippen LogP contribution in [0.5, 0.6) is 5.75 Å². The number of H-pyrrole nitrogens is 1. The Hall–Kier alpha value is -4.70. The van der Waals surface area contributed by atoms with Crippen molar-refractivity contribution >= 4 is 40.3 Å². The minimum atomic E-state index is 0.447. The Morgan fingerprint density at radius 1 is 0.784 bits per heavy atom. The average molecular weight is 495 g/mol. The minimum absolute atomic E-state index is 0.447. The molecule has 0 atom stereocenters. The van der Waals surface area contributed by atoms with Crippen molar-refractivity contribution in [3.05, 3.63) is 72.8 Å². The van der Waals surface area contributed by atoms with E-state index in [1.54, 1.807) is 7.11 Å². The molecule has 0 unspecified atom stereocenters. The SMILES string of the molecule is COc1ccc(Nc2nc(Nc3ccc(-c4nc5ccccc5[nH]4)cc3)nc(N3CCOCC3)n2)cc1. The zero-order chi connectivity index (χ0) is 25.0. The fourth-order valence-electron chi connectivity index (χ4n) is 4.11. The molecule has 0 aliphatic carbocycles. The van der Waals surface area contributed by atoms with Crippen molar-refractivity contribution < 1.29 is 9.47 Å². The van der Waals surface area contributed by atoms with Crippen LogP contribution in [0, 0.1) is 0 Å². The van der Waals surface area contributed by atoms with E-state index >= 15 is 0 Å². The van der Waals surface area contributed by atoms with Crippen LogP contribution in [0.25, 0.3) is 22.4 Å². The zero-order valence-electron chi connectivity index (χ0n) is 20.3. The maximum Gasteiger partial charge on any atom is 0.233 e. The van der Waals surface area contributed by atoms with Gasteiger partial charge in [0.15, 0.2) is 0 Å². The lowest BCUT2D eigenvalue weighted by atomic mass is 10.2. The standard InChI is InChI=1S/C27H26N8O2/c1-36-21-12-10-20(11-13-21)29-26-32-25(33-27(34-26)35-14-16-37-17-15-35)28-19-8-6-18(7-9-19)24-30-22-4-2-3-5-23(22)31-24/h2-13H,14-17H2,1H3,(H,30,31)(H2,28,29,32,33,34). The lowest BCUT2D eigenvalue weighted by Gasteiger charge is -2.27. The van der Waals surface area contributed by atoms with Crippen LogP contribution in [0.2, 0.25) is 0 Å². The summed E-state index contributed by atoms with van der Waals surface area (Å²) in [5.41, 5.74) is 4.65. The molecule has 0 radical (unpaired) electrons. The van der Waals surface area contributed by atoms with Gasteiger partial charge in [-0.25, -0.2) is 4.98 Å². The van der Waals surface area contributed by atoms with Gasteiger partial charge in [0.25, 0.3) is 0 Å². The Bertz CT molecular complexity index is 1460. The number of benzene rings is 3. The van der Waals surface area contributed by atoms with Crippen LogP contribution in [0.3, 0.4) is 0 Å². The molecule has 3 aromatic carbocycles. The van der Waals surface area contributed by atoms with Crippen molar-refractivity contribution in [1.82, 2.24) is 24.9 Å². The van der Waals surface area contributed by atoms with E-state index in [2.05, 4.69) is 40.5 Å². The molecule has 0 amide bonds. The number of nitrogens with one attached hydrogen (secondary N) is 3. The molecular weight excluding hydrogens is 468 g/mol. The molecule has 6 rings (SSSR count). The van der Waals surface area contributed by atoms with E-state index in [0.29, 0.717) is 31.1 Å². The topological polar surface area (TPSA) is 113 Å². The highest BCUT2D eigenvalue weighted by molar-refractivity contribution is 5.79. The number of hydrogen-bond acceptors (Lipinski definition) is 9. The van der Waals surface area contributed by atoms with Crippen LogP contribution in [0.15, 0.2) is 72.8 Å². The lowest BCUT2D eigenvalue weighted by Crippen LogP contribution is -2.37. The maximum absolute atomic E-state index is 5.50. The molecule has 0 bridgehead atoms. The molecule has 1 saturated heterocycles. The first-order chi connectivity index (χ1) is 18.2. The third-order valence-corrected chi connectivity index (χ3v) is 6.07. The first-order valence-corrected chi connectivity index (χ1v) is 12.1. The molecule has 10 nitrogen and oxygen atoms in total. The highest BCUT2D eigenvalue weighted by Crippen LogP contribution is 2.25. The molecule has 1 aliphatic heterocycles. The van der Waals surface area contributed by atoms with Crippen LogP contribution in [0.4, 0.5) is 29.2 Å². The first-order valence-electron chi connectivity index (χ1n) is 12.1. The number of hydrogen-bond donors (Lipinski definition) is 3. The monoisotopic (exact) mass is 494 g/mol. The van der Waals surface area contributed by atoms with Crippen molar-refractivity contribution in [2.75, 3.05) is 48.9 Å². The zero-order valence-corrected chi connectivity index (χ0v) is 20.3.